The first-order chi connectivity index (χ1) is 10.6. The lowest BCUT2D eigenvalue weighted by Crippen LogP contribution is -2.41. The zero-order valence-corrected chi connectivity index (χ0v) is 12.1. The van der Waals surface area contributed by atoms with Crippen molar-refractivity contribution < 1.29 is 24.2 Å². The van der Waals surface area contributed by atoms with Crippen LogP contribution in [0.2, 0.25) is 0 Å². The Morgan fingerprint density at radius 3 is 2.45 bits per heavy atom. The first kappa shape index (κ1) is 14.4. The number of amides is 1. The molecule has 6 heteroatoms. The predicted octanol–water partition coefficient (Wildman–Crippen LogP) is 0.995. The molecule has 116 valence electrons. The number of nitrogens with one attached hydrogen (secondary N) is 1. The summed E-state index contributed by atoms with van der Waals surface area (Å²) in [6, 6.07) is 3.48. The molecule has 0 saturated heterocycles. The third kappa shape index (κ3) is 2.64. The van der Waals surface area contributed by atoms with E-state index in [0.717, 1.165) is 5.56 Å². The Kier molecular flexibility index (Phi) is 3.75. The van der Waals surface area contributed by atoms with Gasteiger partial charge < -0.3 is 24.7 Å². The largest absolute Gasteiger partial charge is 0.550 e. The highest BCUT2D eigenvalue weighted by molar-refractivity contribution is 5.96. The van der Waals surface area contributed by atoms with Crippen LogP contribution in [0.3, 0.4) is 0 Å². The second-order valence-corrected chi connectivity index (χ2v) is 5.48. The number of aliphatic carboxylic acids is 1. The van der Waals surface area contributed by atoms with Gasteiger partial charge in [-0.1, -0.05) is 12.2 Å². The molecule has 1 heterocycles. The van der Waals surface area contributed by atoms with Gasteiger partial charge in [-0.05, 0) is 31.4 Å². The van der Waals surface area contributed by atoms with Crippen molar-refractivity contribution in [3.8, 4) is 11.5 Å². The Morgan fingerprint density at radius 2 is 1.77 bits per heavy atom. The van der Waals surface area contributed by atoms with Gasteiger partial charge >= 0.3 is 0 Å². The van der Waals surface area contributed by atoms with Crippen LogP contribution in [0, 0.1) is 18.8 Å². The van der Waals surface area contributed by atoms with E-state index in [1.165, 1.54) is 0 Å². The number of hydrogen-bond acceptors (Lipinski definition) is 5. The lowest BCUT2D eigenvalue weighted by molar-refractivity contribution is -0.313. The third-order valence-corrected chi connectivity index (χ3v) is 4.05. The van der Waals surface area contributed by atoms with E-state index in [2.05, 4.69) is 5.32 Å². The number of carbonyl (C=O) groups is 2. The molecule has 0 unspecified atom stereocenters. The van der Waals surface area contributed by atoms with Gasteiger partial charge in [0.2, 0.25) is 12.7 Å². The van der Waals surface area contributed by atoms with Crippen molar-refractivity contribution in [1.29, 1.82) is 0 Å². The fourth-order valence-electron chi connectivity index (χ4n) is 2.77. The number of carboxylic acids is 1. The van der Waals surface area contributed by atoms with E-state index in [-0.39, 0.29) is 12.7 Å². The number of anilines is 1. The quantitative estimate of drug-likeness (QED) is 0.841. The summed E-state index contributed by atoms with van der Waals surface area (Å²) in [5, 5.41) is 14.0. The Bertz CT molecular complexity index is 652. The molecule has 0 spiro atoms. The molecule has 22 heavy (non-hydrogen) atoms. The Labute approximate surface area is 127 Å². The predicted molar refractivity (Wildman–Crippen MR) is 76.3 cm³/mol. The minimum atomic E-state index is -1.19. The van der Waals surface area contributed by atoms with E-state index in [4.69, 9.17) is 9.47 Å². The van der Waals surface area contributed by atoms with Gasteiger partial charge in [-0.3, -0.25) is 4.79 Å². The molecule has 1 aromatic carbocycles. The summed E-state index contributed by atoms with van der Waals surface area (Å²) < 4.78 is 10.6. The van der Waals surface area contributed by atoms with Gasteiger partial charge in [0.1, 0.15) is 0 Å². The topological polar surface area (TPSA) is 87.7 Å². The monoisotopic (exact) mass is 302 g/mol. The summed E-state index contributed by atoms with van der Waals surface area (Å²) in [5.74, 6) is -1.71. The van der Waals surface area contributed by atoms with Gasteiger partial charge in [-0.2, -0.15) is 0 Å². The normalized spacial score (nSPS) is 22.4. The Balaban J connectivity index is 1.79. The molecule has 1 aliphatic heterocycles. The van der Waals surface area contributed by atoms with Crippen LogP contribution in [0.25, 0.3) is 0 Å². The Morgan fingerprint density at radius 1 is 1.14 bits per heavy atom. The van der Waals surface area contributed by atoms with E-state index < -0.39 is 17.8 Å². The lowest BCUT2D eigenvalue weighted by atomic mass is 9.82. The van der Waals surface area contributed by atoms with Gasteiger partial charge in [0.25, 0.3) is 0 Å². The second-order valence-electron chi connectivity index (χ2n) is 5.48. The lowest BCUT2D eigenvalue weighted by Gasteiger charge is -2.28. The van der Waals surface area contributed by atoms with Crippen molar-refractivity contribution in [2.75, 3.05) is 12.1 Å². The van der Waals surface area contributed by atoms with Gasteiger partial charge in [0, 0.05) is 23.6 Å². The molecule has 3 rings (SSSR count). The third-order valence-electron chi connectivity index (χ3n) is 4.05. The zero-order valence-electron chi connectivity index (χ0n) is 12.1. The first-order valence-electron chi connectivity index (χ1n) is 7.13. The van der Waals surface area contributed by atoms with E-state index in [1.54, 1.807) is 18.2 Å². The van der Waals surface area contributed by atoms with Crippen LogP contribution in [0.1, 0.15) is 18.4 Å². The summed E-state index contributed by atoms with van der Waals surface area (Å²) in [6.07, 6.45) is 4.32. The number of rotatable bonds is 3. The smallest absolute Gasteiger partial charge is 0.231 e. The average molecular weight is 302 g/mol. The van der Waals surface area contributed by atoms with Crippen molar-refractivity contribution in [3.05, 3.63) is 29.8 Å². The van der Waals surface area contributed by atoms with Gasteiger partial charge in [-0.15, -0.1) is 0 Å². The summed E-state index contributed by atoms with van der Waals surface area (Å²) in [6.45, 7) is 2.00. The summed E-state index contributed by atoms with van der Waals surface area (Å²) in [7, 11) is 0. The van der Waals surface area contributed by atoms with E-state index >= 15 is 0 Å². The van der Waals surface area contributed by atoms with Crippen molar-refractivity contribution >= 4 is 17.6 Å². The molecule has 0 bridgehead atoms. The van der Waals surface area contributed by atoms with Gasteiger partial charge in [-0.25, -0.2) is 0 Å². The number of hydrogen-bond donors (Lipinski definition) is 1. The van der Waals surface area contributed by atoms with Crippen molar-refractivity contribution in [2.24, 2.45) is 11.8 Å². The van der Waals surface area contributed by atoms with E-state index in [0.29, 0.717) is 30.0 Å². The second kappa shape index (κ2) is 5.71. The number of allylic oxidation sites excluding steroid dienone is 2. The molecule has 0 aromatic heterocycles. The summed E-state index contributed by atoms with van der Waals surface area (Å²) >= 11 is 0. The number of carboxylic acid groups (broad SMARTS) is 1. The highest BCUT2D eigenvalue weighted by atomic mass is 16.7. The van der Waals surface area contributed by atoms with Crippen LogP contribution in [-0.2, 0) is 9.59 Å². The van der Waals surface area contributed by atoms with Crippen LogP contribution in [0.15, 0.2) is 24.3 Å². The van der Waals surface area contributed by atoms with E-state index in [9.17, 15) is 14.7 Å². The number of carbonyl (C=O) groups excluding carboxylic acids is 2. The number of ether oxygens (including phenoxy) is 2. The molecule has 2 atom stereocenters. The van der Waals surface area contributed by atoms with Crippen LogP contribution < -0.4 is 19.9 Å². The molecule has 0 saturated carbocycles. The van der Waals surface area contributed by atoms with Crippen molar-refractivity contribution in [3.63, 3.8) is 0 Å². The van der Waals surface area contributed by atoms with E-state index in [1.807, 2.05) is 13.0 Å². The number of benzene rings is 1. The molecule has 1 N–H and O–H groups in total. The van der Waals surface area contributed by atoms with Gasteiger partial charge in [0.15, 0.2) is 11.5 Å². The first-order valence-corrected chi connectivity index (χ1v) is 7.13. The summed E-state index contributed by atoms with van der Waals surface area (Å²) in [4.78, 5) is 23.6. The highest BCUT2D eigenvalue weighted by Gasteiger charge is 2.30. The number of aryl methyl sites for hydroxylation is 1. The maximum absolute atomic E-state index is 12.4. The molecular formula is C16H16NO5-. The average Bonchev–Trinajstić information content (AvgIpc) is 2.94. The molecule has 0 fully saturated rings. The molecule has 2 aliphatic rings. The van der Waals surface area contributed by atoms with Crippen LogP contribution in [0.4, 0.5) is 5.69 Å². The molecular weight excluding hydrogens is 286 g/mol. The maximum atomic E-state index is 12.4. The summed E-state index contributed by atoms with van der Waals surface area (Å²) in [5.41, 5.74) is 1.43. The van der Waals surface area contributed by atoms with Crippen LogP contribution in [-0.4, -0.2) is 18.7 Å². The van der Waals surface area contributed by atoms with Crippen LogP contribution in [0.5, 0.6) is 11.5 Å². The minimum absolute atomic E-state index is 0.159. The van der Waals surface area contributed by atoms with Crippen molar-refractivity contribution in [1.82, 2.24) is 0 Å². The molecule has 0 radical (unpaired) electrons. The molecule has 1 aromatic rings. The Hall–Kier alpha value is -2.50. The number of fused-ring (bicyclic) bond motifs is 1. The van der Waals surface area contributed by atoms with Crippen LogP contribution >= 0.6 is 0 Å². The van der Waals surface area contributed by atoms with Crippen molar-refractivity contribution in [2.45, 2.75) is 19.8 Å². The fraction of sp³-hybridized carbons (Fsp3) is 0.375. The maximum Gasteiger partial charge on any atom is 0.231 e. The van der Waals surface area contributed by atoms with Gasteiger partial charge in [0.05, 0.1) is 5.92 Å². The SMILES string of the molecule is Cc1cc2c(cc1NC(=O)[C@H]1CC=CC[C@H]1C(=O)[O-])OCO2. The molecule has 1 amide bonds. The standard InChI is InChI=1S/C16H17NO5/c1-9-6-13-14(22-8-21-13)7-12(9)17-15(18)10-4-2-3-5-11(10)16(19)20/h2-3,6-7,10-11H,4-5,8H2,1H3,(H,17,18)(H,19,20)/p-1/t10-,11+/m0/s1. The minimum Gasteiger partial charge on any atom is -0.550 e. The molecule has 6 nitrogen and oxygen atoms in total. The highest BCUT2D eigenvalue weighted by Crippen LogP contribution is 2.37. The fourth-order valence-corrected chi connectivity index (χ4v) is 2.77. The molecule has 1 aliphatic carbocycles. The zero-order chi connectivity index (χ0) is 15.7.